The molecule has 3 rings (SSSR count). The van der Waals surface area contributed by atoms with E-state index in [2.05, 4.69) is 30.8 Å². The maximum absolute atomic E-state index is 12.7. The van der Waals surface area contributed by atoms with Crippen molar-refractivity contribution >= 4 is 34.3 Å². The number of aromatic nitrogens is 2. The molecule has 3 amide bonds. The number of nitrogens with one attached hydrogen (secondary N) is 3. The average Bonchev–Trinajstić information content (AvgIpc) is 2.81. The molecule has 1 fully saturated rings. The molecule has 1 aliphatic rings. The molecule has 2 aromatic rings. The maximum atomic E-state index is 12.7. The zero-order chi connectivity index (χ0) is 24.6. The number of carbonyl (C=O) groups excluding carboxylic acids is 3. The molecule has 1 atom stereocenters. The molecule has 0 aromatic carbocycles. The number of piperidine rings is 1. The van der Waals surface area contributed by atoms with Crippen LogP contribution in [-0.2, 0) is 14.4 Å². The van der Waals surface area contributed by atoms with Crippen LogP contribution in [0.2, 0.25) is 0 Å². The van der Waals surface area contributed by atoms with E-state index in [1.165, 1.54) is 13.8 Å². The molecule has 0 bridgehead atoms. The van der Waals surface area contributed by atoms with Crippen molar-refractivity contribution in [3.63, 3.8) is 0 Å². The van der Waals surface area contributed by atoms with Crippen molar-refractivity contribution in [2.45, 2.75) is 57.6 Å². The van der Waals surface area contributed by atoms with Gasteiger partial charge in [0.25, 0.3) is 0 Å². The summed E-state index contributed by atoms with van der Waals surface area (Å²) in [6.45, 7) is 4.76. The summed E-state index contributed by atoms with van der Waals surface area (Å²) >= 11 is 0. The van der Waals surface area contributed by atoms with Crippen LogP contribution in [0.15, 0.2) is 30.7 Å². The number of anilines is 1. The summed E-state index contributed by atoms with van der Waals surface area (Å²) in [4.78, 5) is 46.0. The normalized spacial score (nSPS) is 16.0. The Hall–Kier alpha value is -3.27. The van der Waals surface area contributed by atoms with Gasteiger partial charge >= 0.3 is 0 Å². The highest BCUT2D eigenvalue weighted by atomic mass is 16.3. The molecule has 3 heterocycles. The van der Waals surface area contributed by atoms with Crippen molar-refractivity contribution < 1.29 is 19.5 Å². The van der Waals surface area contributed by atoms with E-state index in [9.17, 15) is 19.5 Å². The fraction of sp³-hybridized carbons (Fsp3) is 0.542. The van der Waals surface area contributed by atoms with Gasteiger partial charge in [-0.2, -0.15) is 0 Å². The number of fused-ring (bicyclic) bond motifs is 1. The highest BCUT2D eigenvalue weighted by Gasteiger charge is 2.34. The van der Waals surface area contributed by atoms with Crippen LogP contribution < -0.4 is 20.9 Å². The van der Waals surface area contributed by atoms with E-state index in [0.717, 1.165) is 16.6 Å². The Balaban J connectivity index is 1.51. The van der Waals surface area contributed by atoms with Gasteiger partial charge in [-0.15, -0.1) is 0 Å². The topological polar surface area (TPSA) is 137 Å². The van der Waals surface area contributed by atoms with Gasteiger partial charge in [-0.1, -0.05) is 0 Å². The van der Waals surface area contributed by atoms with Crippen molar-refractivity contribution in [3.8, 4) is 0 Å². The van der Waals surface area contributed by atoms with Crippen LogP contribution in [0.4, 0.5) is 5.69 Å². The fourth-order valence-electron chi connectivity index (χ4n) is 4.22. The number of nitrogens with zero attached hydrogens (tertiary/aromatic N) is 3. The Kier molecular flexibility index (Phi) is 8.75. The molecule has 10 heteroatoms. The van der Waals surface area contributed by atoms with E-state index >= 15 is 0 Å². The monoisotopic (exact) mass is 470 g/mol. The number of unbranched alkanes of at least 4 members (excludes halogenated alkanes) is 1. The SMILES string of the molecule is CC(=O)NCCCC[C@H](NC(C)=O)C(=O)NCC1(O)CCN(c2ccnc3ccncc23)CC1. The Morgan fingerprint density at radius 2 is 1.85 bits per heavy atom. The lowest BCUT2D eigenvalue weighted by Gasteiger charge is -2.39. The quantitative estimate of drug-likeness (QED) is 0.379. The molecule has 0 aliphatic carbocycles. The number of aliphatic hydroxyl groups is 1. The second-order valence-electron chi connectivity index (χ2n) is 8.88. The van der Waals surface area contributed by atoms with Gasteiger partial charge in [-0.3, -0.25) is 24.4 Å². The van der Waals surface area contributed by atoms with Crippen molar-refractivity contribution in [2.24, 2.45) is 0 Å². The number of hydrogen-bond donors (Lipinski definition) is 4. The van der Waals surface area contributed by atoms with Gasteiger partial charge in [0.2, 0.25) is 17.7 Å². The minimum Gasteiger partial charge on any atom is -0.388 e. The summed E-state index contributed by atoms with van der Waals surface area (Å²) in [5.41, 5.74) is 0.898. The first-order valence-corrected chi connectivity index (χ1v) is 11.7. The predicted molar refractivity (Wildman–Crippen MR) is 129 cm³/mol. The molecule has 2 aromatic heterocycles. The Morgan fingerprint density at radius 3 is 2.56 bits per heavy atom. The van der Waals surface area contributed by atoms with Gasteiger partial charge in [0.05, 0.1) is 11.1 Å². The molecule has 184 valence electrons. The summed E-state index contributed by atoms with van der Waals surface area (Å²) < 4.78 is 0. The Labute approximate surface area is 199 Å². The van der Waals surface area contributed by atoms with Crippen LogP contribution >= 0.6 is 0 Å². The highest BCUT2D eigenvalue weighted by molar-refractivity contribution is 5.90. The standard InChI is InChI=1S/C24H34N6O4/c1-17(31)26-10-4-3-5-21(29-18(2)32)23(33)28-16-24(34)8-13-30(14-9-24)22-7-12-27-20-6-11-25-15-19(20)22/h6-7,11-12,15,21,34H,3-5,8-10,13-14,16H2,1-2H3,(H,26,31)(H,28,33)(H,29,32)/t21-/m0/s1. The number of hydrogen-bond acceptors (Lipinski definition) is 7. The van der Waals surface area contributed by atoms with Crippen LogP contribution in [0.25, 0.3) is 10.9 Å². The number of pyridine rings is 2. The zero-order valence-corrected chi connectivity index (χ0v) is 19.8. The molecule has 0 saturated carbocycles. The third kappa shape index (κ3) is 7.11. The van der Waals surface area contributed by atoms with E-state index in [1.807, 2.05) is 12.1 Å². The van der Waals surface area contributed by atoms with Crippen LogP contribution in [-0.4, -0.2) is 70.6 Å². The highest BCUT2D eigenvalue weighted by Crippen LogP contribution is 2.30. The summed E-state index contributed by atoms with van der Waals surface area (Å²) in [6.07, 6.45) is 8.13. The van der Waals surface area contributed by atoms with E-state index in [-0.39, 0.29) is 24.3 Å². The summed E-state index contributed by atoms with van der Waals surface area (Å²) in [7, 11) is 0. The van der Waals surface area contributed by atoms with Crippen LogP contribution in [0.5, 0.6) is 0 Å². The molecule has 1 aliphatic heterocycles. The average molecular weight is 471 g/mol. The van der Waals surface area contributed by atoms with E-state index in [1.54, 1.807) is 18.6 Å². The minimum atomic E-state index is -1.01. The lowest BCUT2D eigenvalue weighted by Crippen LogP contribution is -2.54. The summed E-state index contributed by atoms with van der Waals surface area (Å²) in [6, 6.07) is 3.16. The molecular formula is C24H34N6O4. The number of carbonyl (C=O) groups is 3. The lowest BCUT2D eigenvalue weighted by molar-refractivity contribution is -0.129. The molecule has 0 unspecified atom stereocenters. The van der Waals surface area contributed by atoms with Gasteiger partial charge in [-0.05, 0) is 44.2 Å². The van der Waals surface area contributed by atoms with Crippen LogP contribution in [0.1, 0.15) is 46.0 Å². The molecular weight excluding hydrogens is 436 g/mol. The van der Waals surface area contributed by atoms with Gasteiger partial charge in [0.15, 0.2) is 0 Å². The Bertz CT molecular complexity index is 1000. The van der Waals surface area contributed by atoms with Crippen molar-refractivity contribution in [1.82, 2.24) is 25.9 Å². The Morgan fingerprint density at radius 1 is 1.09 bits per heavy atom. The van der Waals surface area contributed by atoms with Crippen molar-refractivity contribution in [3.05, 3.63) is 30.7 Å². The second-order valence-corrected chi connectivity index (χ2v) is 8.88. The first kappa shape index (κ1) is 25.4. The third-order valence-electron chi connectivity index (χ3n) is 6.13. The minimum absolute atomic E-state index is 0.0933. The van der Waals surface area contributed by atoms with Crippen LogP contribution in [0, 0.1) is 0 Å². The second kappa shape index (κ2) is 11.7. The van der Waals surface area contributed by atoms with Gasteiger partial charge in [0.1, 0.15) is 6.04 Å². The first-order valence-electron chi connectivity index (χ1n) is 11.7. The fourth-order valence-corrected chi connectivity index (χ4v) is 4.22. The van der Waals surface area contributed by atoms with E-state index in [4.69, 9.17) is 0 Å². The third-order valence-corrected chi connectivity index (χ3v) is 6.13. The van der Waals surface area contributed by atoms with Crippen LogP contribution in [0.3, 0.4) is 0 Å². The molecule has 10 nitrogen and oxygen atoms in total. The maximum Gasteiger partial charge on any atom is 0.242 e. The predicted octanol–water partition coefficient (Wildman–Crippen LogP) is 0.888. The summed E-state index contributed by atoms with van der Waals surface area (Å²) in [5, 5.41) is 20.3. The number of rotatable bonds is 10. The van der Waals surface area contributed by atoms with Gasteiger partial charge in [0, 0.05) is 69.7 Å². The molecule has 0 spiro atoms. The van der Waals surface area contributed by atoms with E-state index in [0.29, 0.717) is 51.7 Å². The number of amides is 3. The smallest absolute Gasteiger partial charge is 0.242 e. The van der Waals surface area contributed by atoms with Crippen molar-refractivity contribution in [2.75, 3.05) is 31.1 Å². The molecule has 1 saturated heterocycles. The molecule has 4 N–H and O–H groups in total. The molecule has 34 heavy (non-hydrogen) atoms. The lowest BCUT2D eigenvalue weighted by atomic mass is 9.90. The largest absolute Gasteiger partial charge is 0.388 e. The summed E-state index contributed by atoms with van der Waals surface area (Å²) in [5.74, 6) is -0.686. The molecule has 0 radical (unpaired) electrons. The van der Waals surface area contributed by atoms with E-state index < -0.39 is 11.6 Å². The van der Waals surface area contributed by atoms with Crippen molar-refractivity contribution in [1.29, 1.82) is 0 Å². The van der Waals surface area contributed by atoms with Gasteiger partial charge in [-0.25, -0.2) is 0 Å². The first-order chi connectivity index (χ1) is 16.3. The zero-order valence-electron chi connectivity index (χ0n) is 19.8. The van der Waals surface area contributed by atoms with Gasteiger partial charge < -0.3 is 26.0 Å².